The van der Waals surface area contributed by atoms with Gasteiger partial charge < -0.3 is 0 Å². The Bertz CT molecular complexity index is 324. The van der Waals surface area contributed by atoms with Crippen LogP contribution in [-0.4, -0.2) is 18.8 Å². The average Bonchev–Trinajstić information content (AvgIpc) is 2.70. The largest absolute Gasteiger partial charge is 0.299 e. The highest BCUT2D eigenvalue weighted by Crippen LogP contribution is 2.37. The van der Waals surface area contributed by atoms with E-state index >= 15 is 0 Å². The normalized spacial score (nSPS) is 21.6. The summed E-state index contributed by atoms with van der Waals surface area (Å²) in [5, 5.41) is 8.00. The zero-order valence-corrected chi connectivity index (χ0v) is 18.8. The third kappa shape index (κ3) is 9.31. The molecule has 2 nitrogen and oxygen atoms in total. The molecule has 160 valence electrons. The van der Waals surface area contributed by atoms with Crippen molar-refractivity contribution in [1.82, 2.24) is 10.6 Å². The molecule has 2 fully saturated rings. The fourth-order valence-corrected chi connectivity index (χ4v) is 5.48. The molecule has 0 aliphatic heterocycles. The molecule has 0 heterocycles. The highest BCUT2D eigenvalue weighted by molar-refractivity contribution is 4.91. The Balaban J connectivity index is 1.73. The molecule has 2 saturated carbocycles. The van der Waals surface area contributed by atoms with E-state index in [9.17, 15) is 0 Å². The van der Waals surface area contributed by atoms with E-state index in [2.05, 4.69) is 24.5 Å². The summed E-state index contributed by atoms with van der Waals surface area (Å²) < 4.78 is 0. The van der Waals surface area contributed by atoms with E-state index in [4.69, 9.17) is 0 Å². The molecule has 0 amide bonds. The second-order valence-electron chi connectivity index (χ2n) is 9.74. The van der Waals surface area contributed by atoms with Crippen LogP contribution >= 0.6 is 0 Å². The van der Waals surface area contributed by atoms with Crippen molar-refractivity contribution in [3.8, 4) is 0 Å². The standard InChI is InChI=1S/C25H50N2/c1-3-5-7-12-20-26-25(27-21-13-8-6-4-2)18-16-24(17-19-25)22-23-14-10-9-11-15-23/h23-24,26-27H,3-22H2,1-2H3. The molecular weight excluding hydrogens is 328 g/mol. The maximum Gasteiger partial charge on any atom is 0.0687 e. The van der Waals surface area contributed by atoms with Gasteiger partial charge in [0.1, 0.15) is 0 Å². The fourth-order valence-electron chi connectivity index (χ4n) is 5.48. The van der Waals surface area contributed by atoms with Gasteiger partial charge in [-0.1, -0.05) is 84.5 Å². The van der Waals surface area contributed by atoms with Crippen molar-refractivity contribution in [3.05, 3.63) is 0 Å². The van der Waals surface area contributed by atoms with Crippen LogP contribution < -0.4 is 10.6 Å². The quantitative estimate of drug-likeness (QED) is 0.247. The van der Waals surface area contributed by atoms with Crippen molar-refractivity contribution in [2.45, 2.75) is 135 Å². The first kappa shape index (κ1) is 23.2. The van der Waals surface area contributed by atoms with E-state index < -0.39 is 0 Å². The lowest BCUT2D eigenvalue weighted by atomic mass is 9.74. The summed E-state index contributed by atoms with van der Waals surface area (Å²) >= 11 is 0. The average molecular weight is 379 g/mol. The summed E-state index contributed by atoms with van der Waals surface area (Å²) in [4.78, 5) is 0. The van der Waals surface area contributed by atoms with Gasteiger partial charge in [0, 0.05) is 0 Å². The van der Waals surface area contributed by atoms with E-state index in [1.54, 1.807) is 0 Å². The minimum Gasteiger partial charge on any atom is -0.299 e. The molecule has 2 aliphatic rings. The Morgan fingerprint density at radius 1 is 0.630 bits per heavy atom. The van der Waals surface area contributed by atoms with Crippen molar-refractivity contribution in [3.63, 3.8) is 0 Å². The summed E-state index contributed by atoms with van der Waals surface area (Å²) in [5.41, 5.74) is 0.251. The Labute approximate surface area is 171 Å². The topological polar surface area (TPSA) is 24.1 Å². The third-order valence-electron chi connectivity index (χ3n) is 7.34. The van der Waals surface area contributed by atoms with Crippen LogP contribution in [0.15, 0.2) is 0 Å². The number of nitrogens with one attached hydrogen (secondary N) is 2. The maximum atomic E-state index is 4.00. The van der Waals surface area contributed by atoms with Gasteiger partial charge in [0.15, 0.2) is 0 Å². The number of rotatable bonds is 14. The second kappa shape index (κ2) is 14.0. The molecule has 2 heteroatoms. The van der Waals surface area contributed by atoms with Gasteiger partial charge in [-0.15, -0.1) is 0 Å². The van der Waals surface area contributed by atoms with Gasteiger partial charge in [0.2, 0.25) is 0 Å². The minimum atomic E-state index is 0.251. The molecule has 0 unspecified atom stereocenters. The van der Waals surface area contributed by atoms with Crippen molar-refractivity contribution >= 4 is 0 Å². The smallest absolute Gasteiger partial charge is 0.0687 e. The van der Waals surface area contributed by atoms with Gasteiger partial charge in [-0.05, 0) is 69.9 Å². The zero-order chi connectivity index (χ0) is 19.2. The molecule has 0 bridgehead atoms. The van der Waals surface area contributed by atoms with Crippen LogP contribution in [0.25, 0.3) is 0 Å². The van der Waals surface area contributed by atoms with E-state index in [0.29, 0.717) is 0 Å². The van der Waals surface area contributed by atoms with Crippen molar-refractivity contribution in [1.29, 1.82) is 0 Å². The number of hydrogen-bond acceptors (Lipinski definition) is 2. The first-order valence-electron chi connectivity index (χ1n) is 12.8. The van der Waals surface area contributed by atoms with Crippen LogP contribution in [-0.2, 0) is 0 Å². The molecule has 0 spiro atoms. The molecular formula is C25H50N2. The molecule has 0 aromatic carbocycles. The summed E-state index contributed by atoms with van der Waals surface area (Å²) in [5.74, 6) is 2.06. The second-order valence-corrected chi connectivity index (χ2v) is 9.74. The first-order valence-corrected chi connectivity index (χ1v) is 12.8. The lowest BCUT2D eigenvalue weighted by molar-refractivity contribution is 0.129. The Morgan fingerprint density at radius 3 is 1.67 bits per heavy atom. The minimum absolute atomic E-state index is 0.251. The van der Waals surface area contributed by atoms with Gasteiger partial charge in [-0.3, -0.25) is 10.6 Å². The molecule has 27 heavy (non-hydrogen) atoms. The maximum absolute atomic E-state index is 4.00. The molecule has 0 saturated heterocycles. The highest BCUT2D eigenvalue weighted by Gasteiger charge is 2.34. The summed E-state index contributed by atoms with van der Waals surface area (Å²) in [6, 6.07) is 0. The molecule has 2 rings (SSSR count). The third-order valence-corrected chi connectivity index (χ3v) is 7.34. The molecule has 0 aromatic rings. The van der Waals surface area contributed by atoms with Crippen molar-refractivity contribution < 1.29 is 0 Å². The SMILES string of the molecule is CCCCCCNC1(NCCCCCC)CCC(CC2CCCCC2)CC1. The predicted octanol–water partition coefficient (Wildman–Crippen LogP) is 7.18. The van der Waals surface area contributed by atoms with Crippen LogP contribution in [0.3, 0.4) is 0 Å². The zero-order valence-electron chi connectivity index (χ0n) is 18.8. The van der Waals surface area contributed by atoms with Gasteiger partial charge >= 0.3 is 0 Å². The predicted molar refractivity (Wildman–Crippen MR) is 120 cm³/mol. The van der Waals surface area contributed by atoms with Crippen molar-refractivity contribution in [2.75, 3.05) is 13.1 Å². The van der Waals surface area contributed by atoms with Crippen LogP contribution in [0.1, 0.15) is 129 Å². The Morgan fingerprint density at radius 2 is 1.15 bits per heavy atom. The lowest BCUT2D eigenvalue weighted by Gasteiger charge is -2.43. The van der Waals surface area contributed by atoms with E-state index in [0.717, 1.165) is 11.8 Å². The van der Waals surface area contributed by atoms with Gasteiger partial charge in [0.25, 0.3) is 0 Å². The number of unbranched alkanes of at least 4 members (excludes halogenated alkanes) is 6. The van der Waals surface area contributed by atoms with Crippen LogP contribution in [0, 0.1) is 11.8 Å². The number of hydrogen-bond donors (Lipinski definition) is 2. The molecule has 2 aliphatic carbocycles. The van der Waals surface area contributed by atoms with Crippen molar-refractivity contribution in [2.24, 2.45) is 11.8 Å². The lowest BCUT2D eigenvalue weighted by Crippen LogP contribution is -2.59. The van der Waals surface area contributed by atoms with Crippen LogP contribution in [0.2, 0.25) is 0 Å². The summed E-state index contributed by atoms with van der Waals surface area (Å²) in [6.45, 7) is 7.02. The van der Waals surface area contributed by atoms with Crippen LogP contribution in [0.4, 0.5) is 0 Å². The molecule has 0 aromatic heterocycles. The van der Waals surface area contributed by atoms with E-state index in [-0.39, 0.29) is 5.66 Å². The molecule has 0 atom stereocenters. The summed E-state index contributed by atoms with van der Waals surface area (Å²) in [7, 11) is 0. The van der Waals surface area contributed by atoms with Gasteiger partial charge in [0.05, 0.1) is 5.66 Å². The Kier molecular flexibility index (Phi) is 12.0. The van der Waals surface area contributed by atoms with E-state index in [1.165, 1.54) is 129 Å². The first-order chi connectivity index (χ1) is 13.3. The highest BCUT2D eigenvalue weighted by atomic mass is 15.2. The van der Waals surface area contributed by atoms with Gasteiger partial charge in [-0.25, -0.2) is 0 Å². The van der Waals surface area contributed by atoms with E-state index in [1.807, 2.05) is 0 Å². The monoisotopic (exact) mass is 378 g/mol. The summed E-state index contributed by atoms with van der Waals surface area (Å²) in [6.07, 6.45) is 25.6. The Hall–Kier alpha value is -0.0800. The molecule has 0 radical (unpaired) electrons. The van der Waals surface area contributed by atoms with Crippen LogP contribution in [0.5, 0.6) is 0 Å². The molecule has 2 N–H and O–H groups in total. The van der Waals surface area contributed by atoms with Gasteiger partial charge in [-0.2, -0.15) is 0 Å². The fraction of sp³-hybridized carbons (Fsp3) is 1.00.